The second kappa shape index (κ2) is 6.27. The molecular weight excluding hydrogens is 318 g/mol. The van der Waals surface area contributed by atoms with Crippen LogP contribution in [0, 0.1) is 4.91 Å². The zero-order valence-corrected chi connectivity index (χ0v) is 14.0. The Morgan fingerprint density at radius 2 is 1.92 bits per heavy atom. The summed E-state index contributed by atoms with van der Waals surface area (Å²) in [5.74, 6) is 1.50. The lowest BCUT2D eigenvalue weighted by Crippen LogP contribution is -2.26. The van der Waals surface area contributed by atoms with E-state index >= 15 is 0 Å². The zero-order chi connectivity index (χ0) is 17.4. The quantitative estimate of drug-likeness (QED) is 0.831. The number of amides is 1. The first-order chi connectivity index (χ1) is 12.2. The van der Waals surface area contributed by atoms with Crippen LogP contribution in [0.1, 0.15) is 59.0 Å². The molecular formula is C19H19N3O3. The average molecular weight is 337 g/mol. The van der Waals surface area contributed by atoms with E-state index in [1.54, 1.807) is 7.11 Å². The Morgan fingerprint density at radius 1 is 1.20 bits per heavy atom. The lowest BCUT2D eigenvalue weighted by Gasteiger charge is -2.39. The zero-order valence-electron chi connectivity index (χ0n) is 14.0. The molecule has 2 aromatic rings. The topological polar surface area (TPSA) is 80.7 Å². The van der Waals surface area contributed by atoms with Crippen molar-refractivity contribution < 1.29 is 9.53 Å². The SMILES string of the molecule is COc1cccc(Nc2ncc(C(=O)N=O)c3c2C2CCC3CC2)c1. The van der Waals surface area contributed by atoms with Gasteiger partial charge in [-0.3, -0.25) is 4.79 Å². The van der Waals surface area contributed by atoms with Gasteiger partial charge in [0.2, 0.25) is 0 Å². The Morgan fingerprint density at radius 3 is 2.60 bits per heavy atom. The van der Waals surface area contributed by atoms with E-state index in [2.05, 4.69) is 15.5 Å². The summed E-state index contributed by atoms with van der Waals surface area (Å²) < 4.78 is 5.27. The third-order valence-electron chi connectivity index (χ3n) is 5.35. The number of nitroso groups, excluding NO2 is 1. The van der Waals surface area contributed by atoms with Crippen molar-refractivity contribution in [3.63, 3.8) is 0 Å². The lowest BCUT2D eigenvalue weighted by atomic mass is 9.66. The minimum atomic E-state index is -0.718. The minimum Gasteiger partial charge on any atom is -0.497 e. The second-order valence-corrected chi connectivity index (χ2v) is 6.65. The Hall–Kier alpha value is -2.76. The highest BCUT2D eigenvalue weighted by molar-refractivity contribution is 5.97. The number of aromatic nitrogens is 1. The van der Waals surface area contributed by atoms with Crippen molar-refractivity contribution in [2.75, 3.05) is 12.4 Å². The van der Waals surface area contributed by atoms with E-state index in [-0.39, 0.29) is 0 Å². The summed E-state index contributed by atoms with van der Waals surface area (Å²) in [4.78, 5) is 27.2. The number of carbonyl (C=O) groups is 1. The van der Waals surface area contributed by atoms with Crippen molar-refractivity contribution in [2.45, 2.75) is 37.5 Å². The molecule has 0 radical (unpaired) electrons. The van der Waals surface area contributed by atoms with Crippen molar-refractivity contribution >= 4 is 17.4 Å². The Bertz CT molecular complexity index is 842. The number of nitrogens with zero attached hydrogens (tertiary/aromatic N) is 2. The molecule has 3 aliphatic carbocycles. The molecule has 0 spiro atoms. The summed E-state index contributed by atoms with van der Waals surface area (Å²) in [6.07, 6.45) is 5.79. The number of ether oxygens (including phenoxy) is 1. The molecule has 1 aromatic heterocycles. The summed E-state index contributed by atoms with van der Waals surface area (Å²) in [5, 5.41) is 5.99. The number of methoxy groups -OCH3 is 1. The van der Waals surface area contributed by atoms with Gasteiger partial charge >= 0.3 is 5.91 Å². The van der Waals surface area contributed by atoms with Crippen molar-refractivity contribution in [3.05, 3.63) is 52.1 Å². The van der Waals surface area contributed by atoms with Crippen LogP contribution in [0.5, 0.6) is 5.75 Å². The molecule has 1 saturated carbocycles. The lowest BCUT2D eigenvalue weighted by molar-refractivity contribution is 0.0998. The van der Waals surface area contributed by atoms with E-state index in [1.165, 1.54) is 6.20 Å². The fourth-order valence-electron chi connectivity index (χ4n) is 4.22. The number of hydrogen-bond donors (Lipinski definition) is 1. The molecule has 1 amide bonds. The van der Waals surface area contributed by atoms with Crippen LogP contribution < -0.4 is 10.1 Å². The van der Waals surface area contributed by atoms with Crippen LogP contribution in [0.2, 0.25) is 0 Å². The van der Waals surface area contributed by atoms with Crippen molar-refractivity contribution in [2.24, 2.45) is 5.18 Å². The Labute approximate surface area is 145 Å². The summed E-state index contributed by atoms with van der Waals surface area (Å²) >= 11 is 0. The number of hydrogen-bond acceptors (Lipinski definition) is 5. The Balaban J connectivity index is 1.80. The van der Waals surface area contributed by atoms with Gasteiger partial charge in [-0.2, -0.15) is 0 Å². The van der Waals surface area contributed by atoms with Gasteiger partial charge in [0.15, 0.2) is 0 Å². The molecule has 0 unspecified atom stereocenters. The molecule has 1 N–H and O–H groups in total. The average Bonchev–Trinajstić information content (AvgIpc) is 2.68. The molecule has 1 heterocycles. The van der Waals surface area contributed by atoms with Crippen LogP contribution in [0.15, 0.2) is 35.6 Å². The molecule has 25 heavy (non-hydrogen) atoms. The number of anilines is 2. The van der Waals surface area contributed by atoms with Crippen LogP contribution in [0.25, 0.3) is 0 Å². The molecule has 1 fully saturated rings. The molecule has 0 aliphatic heterocycles. The molecule has 6 nitrogen and oxygen atoms in total. The summed E-state index contributed by atoms with van der Waals surface area (Å²) in [6, 6.07) is 7.65. The monoisotopic (exact) mass is 337 g/mol. The van der Waals surface area contributed by atoms with Crippen molar-refractivity contribution in [1.29, 1.82) is 0 Å². The highest BCUT2D eigenvalue weighted by Crippen LogP contribution is 2.52. The third-order valence-corrected chi connectivity index (χ3v) is 5.35. The number of carbonyl (C=O) groups excluding carboxylic acids is 1. The van der Waals surface area contributed by atoms with Crippen LogP contribution >= 0.6 is 0 Å². The van der Waals surface area contributed by atoms with Gasteiger partial charge in [0.25, 0.3) is 0 Å². The van der Waals surface area contributed by atoms with Gasteiger partial charge in [0.05, 0.1) is 12.7 Å². The molecule has 128 valence electrons. The molecule has 6 heteroatoms. The standard InChI is InChI=1S/C19H19N3O3/c1-25-14-4-2-3-13(9-14)21-18-17-12-7-5-11(6-8-12)16(17)15(10-20-18)19(23)22-24/h2-4,9-12H,5-8H2,1H3,(H,20,21). The second-order valence-electron chi connectivity index (χ2n) is 6.65. The van der Waals surface area contributed by atoms with Crippen LogP contribution in [-0.2, 0) is 0 Å². The molecule has 2 bridgehead atoms. The van der Waals surface area contributed by atoms with E-state index in [9.17, 15) is 9.70 Å². The number of benzene rings is 1. The van der Waals surface area contributed by atoms with Gasteiger partial charge in [0, 0.05) is 28.7 Å². The maximum Gasteiger partial charge on any atom is 0.318 e. The van der Waals surface area contributed by atoms with Gasteiger partial charge in [0.1, 0.15) is 11.6 Å². The summed E-state index contributed by atoms with van der Waals surface area (Å²) in [6.45, 7) is 0. The van der Waals surface area contributed by atoms with E-state index in [0.29, 0.717) is 17.4 Å². The molecule has 3 aliphatic rings. The molecule has 1 aromatic carbocycles. The predicted octanol–water partition coefficient (Wildman–Crippen LogP) is 4.50. The van der Waals surface area contributed by atoms with E-state index in [1.807, 2.05) is 24.3 Å². The highest BCUT2D eigenvalue weighted by Gasteiger charge is 2.38. The fourth-order valence-corrected chi connectivity index (χ4v) is 4.22. The van der Waals surface area contributed by atoms with E-state index < -0.39 is 5.91 Å². The van der Waals surface area contributed by atoms with Crippen molar-refractivity contribution in [3.8, 4) is 5.75 Å². The smallest absolute Gasteiger partial charge is 0.318 e. The first-order valence-electron chi connectivity index (χ1n) is 8.52. The van der Waals surface area contributed by atoms with Gasteiger partial charge in [-0.05, 0) is 55.2 Å². The number of nitrogens with one attached hydrogen (secondary N) is 1. The van der Waals surface area contributed by atoms with Crippen LogP contribution in [0.4, 0.5) is 11.5 Å². The molecule has 0 atom stereocenters. The maximum atomic E-state index is 12.0. The number of fused-ring (bicyclic) bond motifs is 2. The van der Waals surface area contributed by atoms with Gasteiger partial charge in [-0.25, -0.2) is 4.98 Å². The third kappa shape index (κ3) is 2.67. The van der Waals surface area contributed by atoms with E-state index in [0.717, 1.165) is 54.1 Å². The van der Waals surface area contributed by atoms with Crippen LogP contribution in [0.3, 0.4) is 0 Å². The van der Waals surface area contributed by atoms with Gasteiger partial charge < -0.3 is 10.1 Å². The maximum absolute atomic E-state index is 12.0. The van der Waals surface area contributed by atoms with Crippen LogP contribution in [-0.4, -0.2) is 18.0 Å². The first-order valence-corrected chi connectivity index (χ1v) is 8.52. The molecule has 0 saturated heterocycles. The largest absolute Gasteiger partial charge is 0.497 e. The van der Waals surface area contributed by atoms with Crippen molar-refractivity contribution in [1.82, 2.24) is 4.98 Å². The molecule has 5 rings (SSSR count). The Kier molecular flexibility index (Phi) is 3.95. The first kappa shape index (κ1) is 15.7. The predicted molar refractivity (Wildman–Crippen MR) is 94.6 cm³/mol. The summed E-state index contributed by atoms with van der Waals surface area (Å²) in [5.41, 5.74) is 3.31. The number of rotatable bonds is 4. The van der Waals surface area contributed by atoms with Gasteiger partial charge in [-0.1, -0.05) is 6.07 Å². The van der Waals surface area contributed by atoms with E-state index in [4.69, 9.17) is 4.74 Å². The van der Waals surface area contributed by atoms with Gasteiger partial charge in [-0.15, -0.1) is 4.91 Å². The summed E-state index contributed by atoms with van der Waals surface area (Å²) in [7, 11) is 1.63. The number of pyridine rings is 1. The minimum absolute atomic E-state index is 0.314. The highest BCUT2D eigenvalue weighted by atomic mass is 16.5. The fraction of sp³-hybridized carbons (Fsp3) is 0.368. The normalized spacial score (nSPS) is 20.7.